The van der Waals surface area contributed by atoms with Gasteiger partial charge in [0, 0.05) is 6.07 Å². The van der Waals surface area contributed by atoms with Crippen LogP contribution >= 0.6 is 0 Å². The van der Waals surface area contributed by atoms with Gasteiger partial charge in [-0.2, -0.15) is 0 Å². The van der Waals surface area contributed by atoms with E-state index in [0.717, 1.165) is 36.5 Å². The van der Waals surface area contributed by atoms with Gasteiger partial charge in [-0.1, -0.05) is 24.3 Å². The summed E-state index contributed by atoms with van der Waals surface area (Å²) in [5.41, 5.74) is 2.29. The number of benzene rings is 2. The quantitative estimate of drug-likeness (QED) is 0.373. The van der Waals surface area contributed by atoms with Crippen molar-refractivity contribution in [2.24, 2.45) is 11.8 Å². The molecule has 160 valence electrons. The van der Waals surface area contributed by atoms with Crippen LogP contribution in [0.5, 0.6) is 5.75 Å². The van der Waals surface area contributed by atoms with Crippen LogP contribution < -0.4 is 4.74 Å². The Kier molecular flexibility index (Phi) is 5.60. The maximum atomic E-state index is 14.3. The molecule has 6 heteroatoms. The molecule has 0 N–H and O–H groups in total. The Hall–Kier alpha value is -2.37. The maximum absolute atomic E-state index is 14.3. The van der Waals surface area contributed by atoms with Crippen molar-refractivity contribution in [3.05, 3.63) is 76.9 Å². The third-order valence-corrected chi connectivity index (χ3v) is 6.51. The highest BCUT2D eigenvalue weighted by atomic mass is 19.4. The van der Waals surface area contributed by atoms with E-state index in [-0.39, 0.29) is 29.4 Å². The van der Waals surface area contributed by atoms with Crippen LogP contribution in [-0.2, 0) is 6.42 Å². The van der Waals surface area contributed by atoms with Gasteiger partial charge in [-0.3, -0.25) is 0 Å². The first kappa shape index (κ1) is 20.9. The van der Waals surface area contributed by atoms with E-state index in [1.807, 2.05) is 13.0 Å². The monoisotopic (exact) mass is 422 g/mol. The Labute approximate surface area is 172 Å². The van der Waals surface area contributed by atoms with Gasteiger partial charge in [-0.05, 0) is 91.2 Å². The molecule has 4 atom stereocenters. The number of hydrogen-bond donors (Lipinski definition) is 0. The molecule has 2 aliphatic rings. The van der Waals surface area contributed by atoms with Gasteiger partial charge in [-0.25, -0.2) is 8.78 Å². The fourth-order valence-corrected chi connectivity index (χ4v) is 5.48. The average Bonchev–Trinajstić information content (AvgIpc) is 2.67. The summed E-state index contributed by atoms with van der Waals surface area (Å²) in [6.45, 7) is 1.95. The molecule has 0 heterocycles. The lowest BCUT2D eigenvalue weighted by molar-refractivity contribution is -0.274. The van der Waals surface area contributed by atoms with E-state index in [1.165, 1.54) is 18.2 Å². The maximum Gasteiger partial charge on any atom is 0.573 e. The summed E-state index contributed by atoms with van der Waals surface area (Å²) < 4.78 is 69.8. The van der Waals surface area contributed by atoms with E-state index in [4.69, 9.17) is 0 Å². The SMILES string of the molecule is CC=C[C@@H]1CC[C@H]2c3cc(F)cc(F)c3CC[C@@H]2[C@H]1c1ccc(OC(F)(F)F)cc1. The fourth-order valence-electron chi connectivity index (χ4n) is 5.48. The van der Waals surface area contributed by atoms with Crippen molar-refractivity contribution in [2.45, 2.75) is 50.8 Å². The molecule has 30 heavy (non-hydrogen) atoms. The molecule has 0 spiro atoms. The third kappa shape index (κ3) is 4.09. The van der Waals surface area contributed by atoms with Crippen molar-refractivity contribution in [1.82, 2.24) is 0 Å². The lowest BCUT2D eigenvalue weighted by atomic mass is 9.58. The predicted octanol–water partition coefficient (Wildman–Crippen LogP) is 7.28. The highest BCUT2D eigenvalue weighted by Gasteiger charge is 2.43. The summed E-state index contributed by atoms with van der Waals surface area (Å²) in [6.07, 6.45) is 2.40. The van der Waals surface area contributed by atoms with Gasteiger partial charge in [0.1, 0.15) is 17.4 Å². The van der Waals surface area contributed by atoms with Gasteiger partial charge in [-0.15, -0.1) is 13.2 Å². The van der Waals surface area contributed by atoms with Crippen LogP contribution in [0.1, 0.15) is 54.7 Å². The van der Waals surface area contributed by atoms with E-state index in [2.05, 4.69) is 10.8 Å². The number of alkyl halides is 3. The number of rotatable bonds is 3. The Balaban J connectivity index is 1.69. The fraction of sp³-hybridized carbons (Fsp3) is 0.417. The molecule has 0 aliphatic heterocycles. The normalized spacial score (nSPS) is 26.3. The van der Waals surface area contributed by atoms with Crippen molar-refractivity contribution in [3.63, 3.8) is 0 Å². The van der Waals surface area contributed by atoms with E-state index < -0.39 is 18.0 Å². The topological polar surface area (TPSA) is 9.23 Å². The summed E-state index contributed by atoms with van der Waals surface area (Å²) in [6, 6.07) is 8.47. The van der Waals surface area contributed by atoms with Gasteiger partial charge in [0.2, 0.25) is 0 Å². The first-order valence-corrected chi connectivity index (χ1v) is 10.2. The summed E-state index contributed by atoms with van der Waals surface area (Å²) in [5.74, 6) is -0.791. The van der Waals surface area contributed by atoms with Crippen LogP contribution in [0.2, 0.25) is 0 Å². The second-order valence-electron chi connectivity index (χ2n) is 8.17. The van der Waals surface area contributed by atoms with Crippen molar-refractivity contribution < 1.29 is 26.7 Å². The Morgan fingerprint density at radius 1 is 1.00 bits per heavy atom. The molecule has 0 amide bonds. The summed E-state index contributed by atoms with van der Waals surface area (Å²) in [7, 11) is 0. The van der Waals surface area contributed by atoms with E-state index in [1.54, 1.807) is 12.1 Å². The van der Waals surface area contributed by atoms with Gasteiger partial charge in [0.25, 0.3) is 0 Å². The lowest BCUT2D eigenvalue weighted by Crippen LogP contribution is -2.35. The minimum absolute atomic E-state index is 0.0385. The molecule has 1 saturated carbocycles. The standard InChI is InChI=1S/C24H23F5O/c1-2-3-14-6-9-18-20(11-10-19-21(18)12-16(25)13-22(19)26)23(14)15-4-7-17(8-5-15)30-24(27,28)29/h2-5,7-8,12-14,18,20,23H,6,9-11H2,1H3/t14-,18-,20+,23-/m1/s1. The van der Waals surface area contributed by atoms with Gasteiger partial charge >= 0.3 is 6.36 Å². The van der Waals surface area contributed by atoms with E-state index >= 15 is 0 Å². The zero-order valence-electron chi connectivity index (χ0n) is 16.6. The Morgan fingerprint density at radius 2 is 1.73 bits per heavy atom. The van der Waals surface area contributed by atoms with Crippen molar-refractivity contribution in [3.8, 4) is 5.75 Å². The second kappa shape index (κ2) is 8.05. The van der Waals surface area contributed by atoms with Gasteiger partial charge in [0.15, 0.2) is 0 Å². The van der Waals surface area contributed by atoms with E-state index in [0.29, 0.717) is 12.0 Å². The first-order valence-electron chi connectivity index (χ1n) is 10.2. The minimum Gasteiger partial charge on any atom is -0.406 e. The molecule has 2 aliphatic carbocycles. The average molecular weight is 422 g/mol. The summed E-state index contributed by atoms with van der Waals surface area (Å²) >= 11 is 0. The van der Waals surface area contributed by atoms with Crippen LogP contribution in [0, 0.1) is 23.5 Å². The molecule has 0 saturated heterocycles. The Bertz CT molecular complexity index is 932. The summed E-state index contributed by atoms with van der Waals surface area (Å²) in [4.78, 5) is 0. The van der Waals surface area contributed by atoms with Crippen molar-refractivity contribution >= 4 is 0 Å². The van der Waals surface area contributed by atoms with Crippen LogP contribution in [0.25, 0.3) is 0 Å². The molecule has 4 rings (SSSR count). The molecule has 0 bridgehead atoms. The van der Waals surface area contributed by atoms with Crippen LogP contribution in [-0.4, -0.2) is 6.36 Å². The molecule has 2 aromatic rings. The lowest BCUT2D eigenvalue weighted by Gasteiger charge is -2.46. The Morgan fingerprint density at radius 3 is 2.40 bits per heavy atom. The number of fused-ring (bicyclic) bond motifs is 3. The zero-order valence-corrected chi connectivity index (χ0v) is 16.6. The van der Waals surface area contributed by atoms with E-state index in [9.17, 15) is 22.0 Å². The van der Waals surface area contributed by atoms with Gasteiger partial charge in [0.05, 0.1) is 0 Å². The van der Waals surface area contributed by atoms with Crippen LogP contribution in [0.4, 0.5) is 22.0 Å². The molecule has 1 nitrogen and oxygen atoms in total. The molecular weight excluding hydrogens is 399 g/mol. The minimum atomic E-state index is -4.73. The number of halogens is 5. The smallest absolute Gasteiger partial charge is 0.406 e. The molecule has 1 fully saturated rings. The van der Waals surface area contributed by atoms with Crippen molar-refractivity contribution in [2.75, 3.05) is 0 Å². The molecule has 0 aromatic heterocycles. The number of ether oxygens (including phenoxy) is 1. The van der Waals surface area contributed by atoms with Crippen molar-refractivity contribution in [1.29, 1.82) is 0 Å². The summed E-state index contributed by atoms with van der Waals surface area (Å²) in [5, 5.41) is 0. The third-order valence-electron chi connectivity index (χ3n) is 6.51. The number of hydrogen-bond acceptors (Lipinski definition) is 1. The number of allylic oxidation sites excluding steroid dienone is 2. The first-order chi connectivity index (χ1) is 14.3. The largest absolute Gasteiger partial charge is 0.573 e. The van der Waals surface area contributed by atoms with Gasteiger partial charge < -0.3 is 4.74 Å². The molecular formula is C24H23F5O. The zero-order chi connectivity index (χ0) is 21.5. The highest BCUT2D eigenvalue weighted by Crippen LogP contribution is 2.54. The second-order valence-corrected chi connectivity index (χ2v) is 8.17. The molecule has 0 radical (unpaired) electrons. The highest BCUT2D eigenvalue weighted by molar-refractivity contribution is 5.39. The molecule has 2 aromatic carbocycles. The molecule has 0 unspecified atom stereocenters. The van der Waals surface area contributed by atoms with Crippen LogP contribution in [0.3, 0.4) is 0 Å². The van der Waals surface area contributed by atoms with Crippen LogP contribution in [0.15, 0.2) is 48.6 Å². The predicted molar refractivity (Wildman–Crippen MR) is 104 cm³/mol.